The molecule has 0 spiro atoms. The van der Waals surface area contributed by atoms with Gasteiger partial charge in [-0.15, -0.1) is 0 Å². The summed E-state index contributed by atoms with van der Waals surface area (Å²) in [5.41, 5.74) is 5.28. The van der Waals surface area contributed by atoms with Crippen LogP contribution < -0.4 is 16.4 Å². The molecule has 1 rings (SSSR count). The van der Waals surface area contributed by atoms with Gasteiger partial charge >= 0.3 is 6.03 Å². The molecular formula is C9H18N4O2. The zero-order valence-corrected chi connectivity index (χ0v) is 8.95. The molecule has 1 atom stereocenters. The van der Waals surface area contributed by atoms with Gasteiger partial charge in [0.2, 0.25) is 5.91 Å². The number of likely N-dealkylation sites (N-methyl/N-ethyl adjacent to an activating group) is 1. The van der Waals surface area contributed by atoms with Gasteiger partial charge in [-0.05, 0) is 12.8 Å². The summed E-state index contributed by atoms with van der Waals surface area (Å²) in [6, 6.07) is -0.528. The van der Waals surface area contributed by atoms with Gasteiger partial charge in [0, 0.05) is 26.7 Å². The molecule has 6 heteroatoms. The normalized spacial score (nSPS) is 20.1. The third-order valence-corrected chi connectivity index (χ3v) is 2.48. The number of nitrogens with two attached hydrogens (primary N) is 1. The fraction of sp³-hybridized carbons (Fsp3) is 0.778. The molecule has 0 aromatic rings. The third-order valence-electron chi connectivity index (χ3n) is 2.48. The van der Waals surface area contributed by atoms with Gasteiger partial charge in [0.1, 0.15) is 6.04 Å². The minimum atomic E-state index is -0.326. The van der Waals surface area contributed by atoms with Crippen LogP contribution in [0.5, 0.6) is 0 Å². The van der Waals surface area contributed by atoms with Crippen LogP contribution in [-0.2, 0) is 4.79 Å². The molecule has 0 aromatic heterocycles. The molecule has 0 aromatic carbocycles. The van der Waals surface area contributed by atoms with Gasteiger partial charge in [-0.25, -0.2) is 4.79 Å². The number of hydrogen-bond acceptors (Lipinski definition) is 3. The van der Waals surface area contributed by atoms with Crippen molar-refractivity contribution in [3.63, 3.8) is 0 Å². The molecule has 0 radical (unpaired) electrons. The van der Waals surface area contributed by atoms with E-state index in [1.54, 1.807) is 11.9 Å². The van der Waals surface area contributed by atoms with E-state index in [4.69, 9.17) is 5.73 Å². The molecule has 4 N–H and O–H groups in total. The predicted molar refractivity (Wildman–Crippen MR) is 56.2 cm³/mol. The van der Waals surface area contributed by atoms with Crippen LogP contribution in [0.4, 0.5) is 4.79 Å². The molecule has 3 amide bonds. The van der Waals surface area contributed by atoms with Gasteiger partial charge in [-0.3, -0.25) is 4.79 Å². The summed E-state index contributed by atoms with van der Waals surface area (Å²) < 4.78 is 0. The number of rotatable bonds is 3. The fourth-order valence-electron chi connectivity index (χ4n) is 1.73. The average molecular weight is 214 g/mol. The largest absolute Gasteiger partial charge is 0.357 e. The molecule has 15 heavy (non-hydrogen) atoms. The van der Waals surface area contributed by atoms with Crippen LogP contribution in [0.2, 0.25) is 0 Å². The molecule has 1 fully saturated rings. The van der Waals surface area contributed by atoms with Crippen molar-refractivity contribution in [1.29, 1.82) is 0 Å². The van der Waals surface area contributed by atoms with Crippen LogP contribution in [-0.4, -0.2) is 49.6 Å². The zero-order chi connectivity index (χ0) is 11.3. The number of carbonyl (C=O) groups is 2. The maximum absolute atomic E-state index is 11.6. The van der Waals surface area contributed by atoms with E-state index in [2.05, 4.69) is 10.6 Å². The Labute approximate surface area is 89.2 Å². The Morgan fingerprint density at radius 2 is 2.27 bits per heavy atom. The first-order chi connectivity index (χ1) is 7.20. The van der Waals surface area contributed by atoms with Crippen molar-refractivity contribution in [3.8, 4) is 0 Å². The smallest absolute Gasteiger partial charge is 0.318 e. The molecule has 0 saturated carbocycles. The molecule has 86 valence electrons. The number of hydrogen-bond donors (Lipinski definition) is 3. The van der Waals surface area contributed by atoms with Crippen LogP contribution in [0.25, 0.3) is 0 Å². The number of nitrogens with one attached hydrogen (secondary N) is 2. The molecular weight excluding hydrogens is 196 g/mol. The highest BCUT2D eigenvalue weighted by atomic mass is 16.2. The van der Waals surface area contributed by atoms with Crippen molar-refractivity contribution in [2.75, 3.05) is 26.7 Å². The van der Waals surface area contributed by atoms with E-state index >= 15 is 0 Å². The van der Waals surface area contributed by atoms with Crippen molar-refractivity contribution in [2.24, 2.45) is 5.73 Å². The maximum Gasteiger partial charge on any atom is 0.318 e. The molecule has 0 aliphatic carbocycles. The SMILES string of the molecule is CNC(=O)C1CCCN1C(=O)NCCN. The number of likely N-dealkylation sites (tertiary alicyclic amines) is 1. The van der Waals surface area contributed by atoms with E-state index in [9.17, 15) is 9.59 Å². The summed E-state index contributed by atoms with van der Waals surface area (Å²) >= 11 is 0. The highest BCUT2D eigenvalue weighted by molar-refractivity contribution is 5.87. The van der Waals surface area contributed by atoms with Crippen LogP contribution >= 0.6 is 0 Å². The van der Waals surface area contributed by atoms with Gasteiger partial charge in [0.25, 0.3) is 0 Å². The summed E-state index contributed by atoms with van der Waals surface area (Å²) in [6.07, 6.45) is 1.60. The minimum absolute atomic E-state index is 0.101. The molecule has 1 aliphatic rings. The summed E-state index contributed by atoms with van der Waals surface area (Å²) in [6.45, 7) is 1.48. The highest BCUT2D eigenvalue weighted by Gasteiger charge is 2.33. The van der Waals surface area contributed by atoms with E-state index < -0.39 is 0 Å². The molecule has 0 bridgehead atoms. The van der Waals surface area contributed by atoms with E-state index in [1.807, 2.05) is 0 Å². The van der Waals surface area contributed by atoms with Gasteiger partial charge < -0.3 is 21.3 Å². The average Bonchev–Trinajstić information content (AvgIpc) is 2.73. The van der Waals surface area contributed by atoms with Gasteiger partial charge in [0.15, 0.2) is 0 Å². The van der Waals surface area contributed by atoms with Crippen LogP contribution in [0.15, 0.2) is 0 Å². The van der Waals surface area contributed by atoms with Crippen molar-refractivity contribution < 1.29 is 9.59 Å². The van der Waals surface area contributed by atoms with Gasteiger partial charge in [0.05, 0.1) is 0 Å². The minimum Gasteiger partial charge on any atom is -0.357 e. The van der Waals surface area contributed by atoms with Crippen molar-refractivity contribution >= 4 is 11.9 Å². The van der Waals surface area contributed by atoms with Crippen molar-refractivity contribution in [1.82, 2.24) is 15.5 Å². The summed E-state index contributed by atoms with van der Waals surface area (Å²) in [5, 5.41) is 5.23. The van der Waals surface area contributed by atoms with Crippen LogP contribution in [0, 0.1) is 0 Å². The highest BCUT2D eigenvalue weighted by Crippen LogP contribution is 2.16. The number of carbonyl (C=O) groups excluding carboxylic acids is 2. The topological polar surface area (TPSA) is 87.5 Å². The van der Waals surface area contributed by atoms with Gasteiger partial charge in [-0.1, -0.05) is 0 Å². The van der Waals surface area contributed by atoms with Crippen LogP contribution in [0.3, 0.4) is 0 Å². The Hall–Kier alpha value is -1.30. The fourth-order valence-corrected chi connectivity index (χ4v) is 1.73. The molecule has 1 heterocycles. The predicted octanol–water partition coefficient (Wildman–Crippen LogP) is -1.13. The number of urea groups is 1. The summed E-state index contributed by atoms with van der Waals surface area (Å²) in [5.74, 6) is -0.101. The molecule has 6 nitrogen and oxygen atoms in total. The Morgan fingerprint density at radius 1 is 1.53 bits per heavy atom. The van der Waals surface area contributed by atoms with E-state index in [1.165, 1.54) is 0 Å². The standard InChI is InChI=1S/C9H18N4O2/c1-11-8(14)7-3-2-6-13(7)9(15)12-5-4-10/h7H,2-6,10H2,1H3,(H,11,14)(H,12,15). The second-order valence-corrected chi connectivity index (χ2v) is 3.49. The lowest BCUT2D eigenvalue weighted by molar-refractivity contribution is -0.124. The first kappa shape index (κ1) is 11.8. The first-order valence-electron chi connectivity index (χ1n) is 5.17. The summed E-state index contributed by atoms with van der Waals surface area (Å²) in [7, 11) is 1.58. The van der Waals surface area contributed by atoms with E-state index in [0.717, 1.165) is 12.8 Å². The first-order valence-corrected chi connectivity index (χ1v) is 5.17. The lowest BCUT2D eigenvalue weighted by Gasteiger charge is -2.23. The third kappa shape index (κ3) is 2.82. The number of amides is 3. The Balaban J connectivity index is 2.52. The lowest BCUT2D eigenvalue weighted by atomic mass is 10.2. The monoisotopic (exact) mass is 214 g/mol. The Bertz CT molecular complexity index is 244. The quantitative estimate of drug-likeness (QED) is 0.555. The van der Waals surface area contributed by atoms with E-state index in [0.29, 0.717) is 19.6 Å². The number of nitrogens with zero attached hydrogens (tertiary/aromatic N) is 1. The molecule has 1 aliphatic heterocycles. The van der Waals surface area contributed by atoms with E-state index in [-0.39, 0.29) is 18.0 Å². The Kier molecular flexibility index (Phi) is 4.36. The zero-order valence-electron chi connectivity index (χ0n) is 8.95. The second kappa shape index (κ2) is 5.55. The Morgan fingerprint density at radius 3 is 2.87 bits per heavy atom. The van der Waals surface area contributed by atoms with Crippen molar-refractivity contribution in [3.05, 3.63) is 0 Å². The summed E-state index contributed by atoms with van der Waals surface area (Å²) in [4.78, 5) is 24.6. The second-order valence-electron chi connectivity index (χ2n) is 3.49. The van der Waals surface area contributed by atoms with Gasteiger partial charge in [-0.2, -0.15) is 0 Å². The molecule has 1 unspecified atom stereocenters. The van der Waals surface area contributed by atoms with Crippen molar-refractivity contribution in [2.45, 2.75) is 18.9 Å². The maximum atomic E-state index is 11.6. The van der Waals surface area contributed by atoms with Crippen LogP contribution in [0.1, 0.15) is 12.8 Å². The molecule has 1 saturated heterocycles. The lowest BCUT2D eigenvalue weighted by Crippen LogP contribution is -2.49.